The first-order chi connectivity index (χ1) is 6.67. The van der Waals surface area contributed by atoms with E-state index in [1.165, 1.54) is 0 Å². The molecule has 4 N–H and O–H groups in total. The molecule has 0 unspecified atom stereocenters. The Morgan fingerprint density at radius 1 is 1.64 bits per heavy atom. The zero-order chi connectivity index (χ0) is 10.2. The van der Waals surface area contributed by atoms with Gasteiger partial charge in [-0.3, -0.25) is 0 Å². The van der Waals surface area contributed by atoms with Crippen molar-refractivity contribution in [1.82, 2.24) is 4.98 Å². The van der Waals surface area contributed by atoms with Crippen molar-refractivity contribution in [2.75, 3.05) is 17.7 Å². The van der Waals surface area contributed by atoms with Crippen LogP contribution >= 0.6 is 0 Å². The number of aryl methyl sites for hydroxylation is 1. The molecular weight excluding hydrogens is 178 g/mol. The molecule has 0 bridgehead atoms. The molecule has 0 atom stereocenters. The fraction of sp³-hybridized carbons (Fsp3) is 0.500. The third kappa shape index (κ3) is 1.53. The highest BCUT2D eigenvalue weighted by Gasteiger charge is 2.42. The minimum Gasteiger partial charge on any atom is -0.396 e. The molecule has 4 heteroatoms. The molecule has 76 valence electrons. The number of hydrogen-bond donors (Lipinski definition) is 3. The van der Waals surface area contributed by atoms with Gasteiger partial charge in [-0.05, 0) is 31.4 Å². The second kappa shape index (κ2) is 3.13. The molecule has 1 aromatic heterocycles. The van der Waals surface area contributed by atoms with Gasteiger partial charge in [0, 0.05) is 6.20 Å². The Bertz CT molecular complexity index is 347. The number of rotatable bonds is 3. The summed E-state index contributed by atoms with van der Waals surface area (Å²) < 4.78 is 0. The third-order valence-corrected chi connectivity index (χ3v) is 2.75. The molecular formula is C10H15N3O. The zero-order valence-corrected chi connectivity index (χ0v) is 8.25. The van der Waals surface area contributed by atoms with Crippen molar-refractivity contribution in [3.63, 3.8) is 0 Å². The average molecular weight is 193 g/mol. The largest absolute Gasteiger partial charge is 0.396 e. The highest BCUT2D eigenvalue weighted by Crippen LogP contribution is 2.39. The normalized spacial score (nSPS) is 17.9. The molecule has 1 aliphatic carbocycles. The van der Waals surface area contributed by atoms with E-state index in [0.717, 1.165) is 18.4 Å². The standard InChI is InChI=1S/C10H15N3O/c1-7-2-5-12-9(8(7)11)13-10(6-14)3-4-10/h2,5,14H,3-4,6,11H2,1H3,(H,12,13). The Kier molecular flexibility index (Phi) is 2.07. The SMILES string of the molecule is Cc1ccnc(NC2(CO)CC2)c1N. The van der Waals surface area contributed by atoms with Gasteiger partial charge < -0.3 is 16.2 Å². The Morgan fingerprint density at radius 3 is 2.93 bits per heavy atom. The van der Waals surface area contributed by atoms with Crippen LogP contribution in [0.1, 0.15) is 18.4 Å². The number of anilines is 2. The number of nitrogens with one attached hydrogen (secondary N) is 1. The van der Waals surface area contributed by atoms with Gasteiger partial charge >= 0.3 is 0 Å². The van der Waals surface area contributed by atoms with Gasteiger partial charge in [0.2, 0.25) is 0 Å². The van der Waals surface area contributed by atoms with E-state index in [0.29, 0.717) is 11.5 Å². The fourth-order valence-corrected chi connectivity index (χ4v) is 1.39. The van der Waals surface area contributed by atoms with Gasteiger partial charge in [0.25, 0.3) is 0 Å². The summed E-state index contributed by atoms with van der Waals surface area (Å²) in [7, 11) is 0. The molecule has 1 fully saturated rings. The van der Waals surface area contributed by atoms with Crippen LogP contribution in [0, 0.1) is 6.92 Å². The van der Waals surface area contributed by atoms with E-state index in [1.54, 1.807) is 6.20 Å². The molecule has 1 aliphatic rings. The monoisotopic (exact) mass is 193 g/mol. The lowest BCUT2D eigenvalue weighted by atomic mass is 10.2. The molecule has 4 nitrogen and oxygen atoms in total. The van der Waals surface area contributed by atoms with Crippen LogP contribution in [0.2, 0.25) is 0 Å². The van der Waals surface area contributed by atoms with Crippen molar-refractivity contribution in [3.8, 4) is 0 Å². The van der Waals surface area contributed by atoms with Crippen LogP contribution in [0.25, 0.3) is 0 Å². The minimum absolute atomic E-state index is 0.141. The molecule has 0 aliphatic heterocycles. The maximum absolute atomic E-state index is 9.15. The summed E-state index contributed by atoms with van der Waals surface area (Å²) >= 11 is 0. The van der Waals surface area contributed by atoms with Crippen molar-refractivity contribution < 1.29 is 5.11 Å². The first kappa shape index (κ1) is 9.27. The highest BCUT2D eigenvalue weighted by atomic mass is 16.3. The topological polar surface area (TPSA) is 71.2 Å². The molecule has 1 heterocycles. The highest BCUT2D eigenvalue weighted by molar-refractivity contribution is 5.66. The number of hydrogen-bond acceptors (Lipinski definition) is 4. The Labute approximate surface area is 83.2 Å². The minimum atomic E-state index is -0.158. The first-order valence-electron chi connectivity index (χ1n) is 4.77. The van der Waals surface area contributed by atoms with Crippen LogP contribution < -0.4 is 11.1 Å². The Morgan fingerprint density at radius 2 is 2.36 bits per heavy atom. The predicted molar refractivity (Wildman–Crippen MR) is 56.1 cm³/mol. The van der Waals surface area contributed by atoms with Gasteiger partial charge in [0.15, 0.2) is 0 Å². The fourth-order valence-electron chi connectivity index (χ4n) is 1.39. The number of nitrogen functional groups attached to an aromatic ring is 1. The molecule has 0 saturated heterocycles. The molecule has 1 saturated carbocycles. The van der Waals surface area contributed by atoms with Crippen molar-refractivity contribution in [2.24, 2.45) is 0 Å². The third-order valence-electron chi connectivity index (χ3n) is 2.75. The van der Waals surface area contributed by atoms with Gasteiger partial charge in [0.05, 0.1) is 17.8 Å². The average Bonchev–Trinajstić information content (AvgIpc) is 2.94. The summed E-state index contributed by atoms with van der Waals surface area (Å²) in [5, 5.41) is 12.3. The molecule has 0 radical (unpaired) electrons. The number of nitrogens with zero attached hydrogens (tertiary/aromatic N) is 1. The van der Waals surface area contributed by atoms with Crippen molar-refractivity contribution >= 4 is 11.5 Å². The van der Waals surface area contributed by atoms with Crippen molar-refractivity contribution in [2.45, 2.75) is 25.3 Å². The maximum atomic E-state index is 9.15. The summed E-state index contributed by atoms with van der Waals surface area (Å²) in [5.41, 5.74) is 7.39. The van der Waals surface area contributed by atoms with E-state index in [2.05, 4.69) is 10.3 Å². The number of aromatic nitrogens is 1. The molecule has 14 heavy (non-hydrogen) atoms. The summed E-state index contributed by atoms with van der Waals surface area (Å²) in [6.07, 6.45) is 3.69. The molecule has 1 aromatic rings. The van der Waals surface area contributed by atoms with E-state index in [-0.39, 0.29) is 12.1 Å². The number of aliphatic hydroxyl groups excluding tert-OH is 1. The lowest BCUT2D eigenvalue weighted by molar-refractivity contribution is 0.266. The Balaban J connectivity index is 2.21. The second-order valence-electron chi connectivity index (χ2n) is 3.95. The van der Waals surface area contributed by atoms with Crippen LogP contribution in [0.4, 0.5) is 11.5 Å². The van der Waals surface area contributed by atoms with E-state index in [4.69, 9.17) is 10.8 Å². The van der Waals surface area contributed by atoms with Gasteiger partial charge in [-0.25, -0.2) is 4.98 Å². The van der Waals surface area contributed by atoms with Crippen molar-refractivity contribution in [1.29, 1.82) is 0 Å². The van der Waals surface area contributed by atoms with E-state index < -0.39 is 0 Å². The van der Waals surface area contributed by atoms with Crippen LogP contribution in [0.15, 0.2) is 12.3 Å². The van der Waals surface area contributed by atoms with E-state index in [1.807, 2.05) is 13.0 Å². The summed E-state index contributed by atoms with van der Waals surface area (Å²) in [6.45, 7) is 2.09. The second-order valence-corrected chi connectivity index (χ2v) is 3.95. The molecule has 0 amide bonds. The first-order valence-corrected chi connectivity index (χ1v) is 4.77. The van der Waals surface area contributed by atoms with E-state index in [9.17, 15) is 0 Å². The van der Waals surface area contributed by atoms with Gasteiger partial charge in [-0.15, -0.1) is 0 Å². The summed E-state index contributed by atoms with van der Waals surface area (Å²) in [6, 6.07) is 1.87. The van der Waals surface area contributed by atoms with Gasteiger partial charge in [-0.2, -0.15) is 0 Å². The lowest BCUT2D eigenvalue weighted by Gasteiger charge is -2.17. The quantitative estimate of drug-likeness (QED) is 0.667. The summed E-state index contributed by atoms with van der Waals surface area (Å²) in [5.74, 6) is 0.691. The number of pyridine rings is 1. The van der Waals surface area contributed by atoms with Crippen LogP contribution in [-0.4, -0.2) is 22.2 Å². The molecule has 0 spiro atoms. The van der Waals surface area contributed by atoms with Gasteiger partial charge in [0.1, 0.15) is 5.82 Å². The molecule has 2 rings (SSSR count). The van der Waals surface area contributed by atoms with E-state index >= 15 is 0 Å². The van der Waals surface area contributed by atoms with Crippen molar-refractivity contribution in [3.05, 3.63) is 17.8 Å². The predicted octanol–water partition coefficient (Wildman–Crippen LogP) is 0.909. The summed E-state index contributed by atoms with van der Waals surface area (Å²) in [4.78, 5) is 4.17. The van der Waals surface area contributed by atoms with Crippen LogP contribution in [-0.2, 0) is 0 Å². The number of aliphatic hydroxyl groups is 1. The lowest BCUT2D eigenvalue weighted by Crippen LogP contribution is -2.26. The van der Waals surface area contributed by atoms with Crippen LogP contribution in [0.5, 0.6) is 0 Å². The van der Waals surface area contributed by atoms with Gasteiger partial charge in [-0.1, -0.05) is 0 Å². The zero-order valence-electron chi connectivity index (χ0n) is 8.25. The van der Waals surface area contributed by atoms with Crippen LogP contribution in [0.3, 0.4) is 0 Å². The Hall–Kier alpha value is -1.29. The smallest absolute Gasteiger partial charge is 0.149 e. The maximum Gasteiger partial charge on any atom is 0.149 e. The molecule has 0 aromatic carbocycles. The number of nitrogens with two attached hydrogens (primary N) is 1.